The van der Waals surface area contributed by atoms with Crippen molar-refractivity contribution >= 4 is 11.9 Å². The molecule has 0 unspecified atom stereocenters. The minimum atomic E-state index is -4.70. The normalized spacial score (nSPS) is 15.1. The van der Waals surface area contributed by atoms with Gasteiger partial charge in [0, 0.05) is 18.4 Å². The van der Waals surface area contributed by atoms with Gasteiger partial charge in [-0.15, -0.1) is 0 Å². The Kier molecular flexibility index (Phi) is 7.49. The van der Waals surface area contributed by atoms with Crippen LogP contribution in [0, 0.1) is 0 Å². The molecule has 166 valence electrons. The largest absolute Gasteiger partial charge is 0.458 e. The van der Waals surface area contributed by atoms with E-state index in [1.165, 1.54) is 30.4 Å². The Bertz CT molecular complexity index is 912. The van der Waals surface area contributed by atoms with E-state index in [1.807, 2.05) is 0 Å². The second-order valence-electron chi connectivity index (χ2n) is 6.85. The summed E-state index contributed by atoms with van der Waals surface area (Å²) in [4.78, 5) is 27.4. The molecule has 0 aromatic heterocycles. The third-order valence-corrected chi connectivity index (χ3v) is 5.04. The summed E-state index contributed by atoms with van der Waals surface area (Å²) in [6.07, 6.45) is -2.01. The molecule has 1 aliphatic rings. The van der Waals surface area contributed by atoms with Crippen LogP contribution < -0.4 is 0 Å². The van der Waals surface area contributed by atoms with E-state index in [1.54, 1.807) is 25.8 Å². The highest BCUT2D eigenvalue weighted by molar-refractivity contribution is 6.00. The van der Waals surface area contributed by atoms with E-state index in [0.717, 1.165) is 6.07 Å². The average Bonchev–Trinajstić information content (AvgIpc) is 2.73. The molecular weight excluding hydrogens is 411 g/mol. The number of allylic oxidation sites excluding steroid dienone is 2. The van der Waals surface area contributed by atoms with Crippen LogP contribution in [-0.4, -0.2) is 37.1 Å². The molecule has 0 saturated carbocycles. The van der Waals surface area contributed by atoms with Crippen molar-refractivity contribution in [3.8, 4) is 0 Å². The zero-order chi connectivity index (χ0) is 23.3. The predicted octanol–water partition coefficient (Wildman–Crippen LogP) is 4.74. The molecule has 0 atom stereocenters. The number of esters is 2. The van der Waals surface area contributed by atoms with E-state index in [2.05, 4.69) is 13.2 Å². The number of carbonyl (C=O) groups is 2. The first-order valence-corrected chi connectivity index (χ1v) is 9.43. The number of ether oxygens (including phenoxy) is 2. The van der Waals surface area contributed by atoms with Crippen molar-refractivity contribution in [2.75, 3.05) is 20.3 Å². The fourth-order valence-corrected chi connectivity index (χ4v) is 3.45. The Morgan fingerprint density at radius 2 is 1.45 bits per heavy atom. The van der Waals surface area contributed by atoms with Crippen LogP contribution in [0.1, 0.15) is 30.9 Å². The Morgan fingerprint density at radius 1 is 1.00 bits per heavy atom. The van der Waals surface area contributed by atoms with Crippen molar-refractivity contribution in [1.29, 1.82) is 0 Å². The zero-order valence-electron chi connectivity index (χ0n) is 17.6. The molecule has 5 nitrogen and oxygen atoms in total. The Balaban J connectivity index is 2.81. The molecule has 0 radical (unpaired) electrons. The standard InChI is InChI=1S/C23H24F3NO4/c1-6-12-30-21(28)18-14(3)27(5)15(4)19(22(29)31-13-7-2)20(18)16-10-8-9-11-17(16)23(24,25)26/h6-11,20H,1-2,12-13H2,3-5H3. The minimum Gasteiger partial charge on any atom is -0.458 e. The van der Waals surface area contributed by atoms with E-state index in [9.17, 15) is 22.8 Å². The summed E-state index contributed by atoms with van der Waals surface area (Å²) in [6.45, 7) is 9.86. The van der Waals surface area contributed by atoms with Crippen LogP contribution in [0.2, 0.25) is 0 Å². The van der Waals surface area contributed by atoms with Crippen molar-refractivity contribution in [3.05, 3.63) is 83.2 Å². The molecule has 0 saturated heterocycles. The van der Waals surface area contributed by atoms with E-state index in [0.29, 0.717) is 11.4 Å². The first-order valence-electron chi connectivity index (χ1n) is 9.43. The summed E-state index contributed by atoms with van der Waals surface area (Å²) < 4.78 is 51.8. The molecular formula is C23H24F3NO4. The van der Waals surface area contributed by atoms with E-state index in [4.69, 9.17) is 9.47 Å². The van der Waals surface area contributed by atoms with Gasteiger partial charge < -0.3 is 14.4 Å². The van der Waals surface area contributed by atoms with Gasteiger partial charge >= 0.3 is 18.1 Å². The van der Waals surface area contributed by atoms with Crippen LogP contribution in [0.15, 0.2) is 72.1 Å². The second kappa shape index (κ2) is 9.68. The van der Waals surface area contributed by atoms with Crippen LogP contribution in [0.3, 0.4) is 0 Å². The number of alkyl halides is 3. The third-order valence-electron chi connectivity index (χ3n) is 5.04. The quantitative estimate of drug-likeness (QED) is 0.457. The fourth-order valence-electron chi connectivity index (χ4n) is 3.45. The summed E-state index contributed by atoms with van der Waals surface area (Å²) in [5.41, 5.74) is -0.594. The monoisotopic (exact) mass is 435 g/mol. The smallest absolute Gasteiger partial charge is 0.416 e. The number of rotatable bonds is 7. The Morgan fingerprint density at radius 3 is 1.87 bits per heavy atom. The lowest BCUT2D eigenvalue weighted by atomic mass is 9.78. The molecule has 2 rings (SSSR count). The lowest BCUT2D eigenvalue weighted by Gasteiger charge is -2.36. The van der Waals surface area contributed by atoms with Gasteiger partial charge in [-0.25, -0.2) is 9.59 Å². The average molecular weight is 435 g/mol. The van der Waals surface area contributed by atoms with Crippen molar-refractivity contribution in [1.82, 2.24) is 4.90 Å². The second-order valence-corrected chi connectivity index (χ2v) is 6.85. The van der Waals surface area contributed by atoms with Gasteiger partial charge in [-0.2, -0.15) is 13.2 Å². The maximum absolute atomic E-state index is 13.8. The molecule has 1 aromatic carbocycles. The van der Waals surface area contributed by atoms with Crippen LogP contribution in [0.25, 0.3) is 0 Å². The van der Waals surface area contributed by atoms with Crippen molar-refractivity contribution < 1.29 is 32.2 Å². The number of nitrogens with zero attached hydrogens (tertiary/aromatic N) is 1. The van der Waals surface area contributed by atoms with Gasteiger partial charge in [0.15, 0.2) is 0 Å². The van der Waals surface area contributed by atoms with E-state index >= 15 is 0 Å². The highest BCUT2D eigenvalue weighted by Crippen LogP contribution is 2.46. The van der Waals surface area contributed by atoms with Crippen molar-refractivity contribution in [2.45, 2.75) is 25.9 Å². The highest BCUT2D eigenvalue weighted by Gasteiger charge is 2.44. The third kappa shape index (κ3) is 4.90. The van der Waals surface area contributed by atoms with Gasteiger partial charge in [-0.3, -0.25) is 0 Å². The van der Waals surface area contributed by atoms with Gasteiger partial charge in [0.2, 0.25) is 0 Å². The zero-order valence-corrected chi connectivity index (χ0v) is 17.6. The molecule has 1 aromatic rings. The van der Waals surface area contributed by atoms with Crippen LogP contribution in [0.4, 0.5) is 13.2 Å². The van der Waals surface area contributed by atoms with Gasteiger partial charge in [-0.1, -0.05) is 43.5 Å². The Labute approximate surface area is 179 Å². The Hall–Kier alpha value is -3.29. The maximum atomic E-state index is 13.8. The van der Waals surface area contributed by atoms with Crippen molar-refractivity contribution in [3.63, 3.8) is 0 Å². The molecule has 8 heteroatoms. The van der Waals surface area contributed by atoms with Gasteiger partial charge in [0.25, 0.3) is 0 Å². The lowest BCUT2D eigenvalue weighted by Crippen LogP contribution is -2.34. The van der Waals surface area contributed by atoms with E-state index in [-0.39, 0.29) is 29.9 Å². The van der Waals surface area contributed by atoms with Crippen LogP contribution >= 0.6 is 0 Å². The fraction of sp³-hybridized carbons (Fsp3) is 0.304. The summed E-state index contributed by atoms with van der Waals surface area (Å²) in [5.74, 6) is -3.01. The molecule has 31 heavy (non-hydrogen) atoms. The molecule has 0 amide bonds. The topological polar surface area (TPSA) is 55.8 Å². The summed E-state index contributed by atoms with van der Waals surface area (Å²) in [7, 11) is 1.61. The van der Waals surface area contributed by atoms with Crippen LogP contribution in [-0.2, 0) is 25.2 Å². The summed E-state index contributed by atoms with van der Waals surface area (Å²) >= 11 is 0. The molecule has 0 N–H and O–H groups in total. The molecule has 1 heterocycles. The summed E-state index contributed by atoms with van der Waals surface area (Å²) in [5, 5.41) is 0. The molecule has 0 spiro atoms. The molecule has 0 aliphatic carbocycles. The number of hydrogen-bond acceptors (Lipinski definition) is 5. The van der Waals surface area contributed by atoms with Crippen molar-refractivity contribution in [2.24, 2.45) is 0 Å². The highest BCUT2D eigenvalue weighted by atomic mass is 19.4. The summed E-state index contributed by atoms with van der Waals surface area (Å²) in [6, 6.07) is 4.84. The molecule has 0 fully saturated rings. The number of hydrogen-bond donors (Lipinski definition) is 0. The molecule has 0 bridgehead atoms. The van der Waals surface area contributed by atoms with Gasteiger partial charge in [0.1, 0.15) is 13.2 Å². The first kappa shape index (κ1) is 24.0. The number of carbonyl (C=O) groups excluding carboxylic acids is 2. The van der Waals surface area contributed by atoms with Gasteiger partial charge in [-0.05, 0) is 25.5 Å². The predicted molar refractivity (Wildman–Crippen MR) is 110 cm³/mol. The van der Waals surface area contributed by atoms with Crippen LogP contribution in [0.5, 0.6) is 0 Å². The molecule has 1 aliphatic heterocycles. The minimum absolute atomic E-state index is 0.0720. The lowest BCUT2D eigenvalue weighted by molar-refractivity contribution is -0.141. The number of benzene rings is 1. The van der Waals surface area contributed by atoms with E-state index < -0.39 is 29.6 Å². The van der Waals surface area contributed by atoms with Gasteiger partial charge in [0.05, 0.1) is 22.6 Å². The SMILES string of the molecule is C=CCOC(=O)C1=C(C)N(C)C(C)=C(C(=O)OCC=C)C1c1ccccc1C(F)(F)F. The first-order chi connectivity index (χ1) is 14.6. The number of halogens is 3. The maximum Gasteiger partial charge on any atom is 0.416 e.